The summed E-state index contributed by atoms with van der Waals surface area (Å²) in [4.78, 5) is 4.54. The van der Waals surface area contributed by atoms with Crippen LogP contribution in [0.4, 0.5) is 8.78 Å². The van der Waals surface area contributed by atoms with Gasteiger partial charge in [-0.1, -0.05) is 6.07 Å². The molecule has 0 aromatic carbocycles. The first-order valence-corrected chi connectivity index (χ1v) is 10.8. The molecule has 1 N–H and O–H groups in total. The highest BCUT2D eigenvalue weighted by Gasteiger charge is 2.23. The van der Waals surface area contributed by atoms with Crippen LogP contribution < -0.4 is 4.74 Å². The topological polar surface area (TPSA) is 127 Å². The summed E-state index contributed by atoms with van der Waals surface area (Å²) >= 11 is 0. The number of aryl methyl sites for hydroxylation is 1. The lowest BCUT2D eigenvalue weighted by atomic mass is 10.1. The van der Waals surface area contributed by atoms with Crippen molar-refractivity contribution in [1.82, 2.24) is 34.6 Å². The quantitative estimate of drug-likeness (QED) is 0.374. The molecule has 5 aromatic heterocycles. The van der Waals surface area contributed by atoms with E-state index in [1.165, 1.54) is 6.92 Å². The maximum Gasteiger partial charge on any atom is 0.280 e. The number of pyridine rings is 2. The van der Waals surface area contributed by atoms with Gasteiger partial charge in [-0.05, 0) is 38.1 Å². The second-order valence-electron chi connectivity index (χ2n) is 7.93. The van der Waals surface area contributed by atoms with E-state index in [9.17, 15) is 13.9 Å². The maximum atomic E-state index is 13.7. The third-order valence-electron chi connectivity index (χ3n) is 5.39. The molecule has 5 heterocycles. The minimum Gasteiger partial charge on any atom is -0.436 e. The number of rotatable bonds is 6. The number of nitrogens with zero attached hydrogens (tertiary/aromatic N) is 8. The number of aliphatic hydroxyl groups excluding tert-OH is 1. The zero-order chi connectivity index (χ0) is 25.4. The van der Waals surface area contributed by atoms with Crippen molar-refractivity contribution in [3.8, 4) is 34.8 Å². The summed E-state index contributed by atoms with van der Waals surface area (Å²) in [5, 5.41) is 35.7. The summed E-state index contributed by atoms with van der Waals surface area (Å²) in [5.74, 6) is 0.810. The number of ether oxygens (including phenoxy) is 1. The van der Waals surface area contributed by atoms with Crippen molar-refractivity contribution in [2.75, 3.05) is 0 Å². The lowest BCUT2D eigenvalue weighted by Gasteiger charge is -2.14. The summed E-state index contributed by atoms with van der Waals surface area (Å²) in [6.07, 6.45) is -0.681. The van der Waals surface area contributed by atoms with E-state index < -0.39 is 18.2 Å². The van der Waals surface area contributed by atoms with Crippen LogP contribution >= 0.6 is 0 Å². The van der Waals surface area contributed by atoms with Crippen LogP contribution in [-0.4, -0.2) is 39.7 Å². The second kappa shape index (κ2) is 9.12. The summed E-state index contributed by atoms with van der Waals surface area (Å²) < 4.78 is 35.6. The van der Waals surface area contributed by atoms with Gasteiger partial charge in [0.15, 0.2) is 11.5 Å². The van der Waals surface area contributed by atoms with Crippen LogP contribution in [0.3, 0.4) is 0 Å². The number of hydrogen-bond acceptors (Lipinski definition) is 8. The first kappa shape index (κ1) is 23.0. The van der Waals surface area contributed by atoms with E-state index >= 15 is 0 Å². The molecule has 180 valence electrons. The van der Waals surface area contributed by atoms with Crippen LogP contribution in [-0.2, 0) is 0 Å². The van der Waals surface area contributed by atoms with Crippen molar-refractivity contribution in [2.24, 2.45) is 0 Å². The molecule has 0 radical (unpaired) electrons. The third kappa shape index (κ3) is 4.23. The van der Waals surface area contributed by atoms with Crippen LogP contribution in [0.1, 0.15) is 42.1 Å². The van der Waals surface area contributed by atoms with Gasteiger partial charge in [0, 0.05) is 23.3 Å². The molecule has 5 aromatic rings. The van der Waals surface area contributed by atoms with Gasteiger partial charge in [0.1, 0.15) is 17.5 Å². The Balaban J connectivity index is 1.57. The Hall–Kier alpha value is -4.76. The molecule has 0 saturated carbocycles. The number of alkyl halides is 2. The van der Waals surface area contributed by atoms with Crippen molar-refractivity contribution < 1.29 is 18.6 Å². The molecule has 0 bridgehead atoms. The van der Waals surface area contributed by atoms with E-state index in [0.29, 0.717) is 28.4 Å². The van der Waals surface area contributed by atoms with Crippen LogP contribution in [0.25, 0.3) is 22.6 Å². The van der Waals surface area contributed by atoms with Gasteiger partial charge in [-0.25, -0.2) is 23.0 Å². The fourth-order valence-electron chi connectivity index (χ4n) is 3.67. The van der Waals surface area contributed by atoms with Gasteiger partial charge in [0.25, 0.3) is 6.43 Å². The van der Waals surface area contributed by atoms with Crippen molar-refractivity contribution in [1.29, 1.82) is 5.26 Å². The number of fused-ring (bicyclic) bond motifs is 1. The second-order valence-corrected chi connectivity index (χ2v) is 7.93. The molecule has 0 aliphatic heterocycles. The zero-order valence-corrected chi connectivity index (χ0v) is 19.0. The van der Waals surface area contributed by atoms with E-state index in [1.807, 2.05) is 6.92 Å². The van der Waals surface area contributed by atoms with Crippen molar-refractivity contribution in [3.05, 3.63) is 77.5 Å². The predicted molar refractivity (Wildman–Crippen MR) is 123 cm³/mol. The molecule has 0 unspecified atom stereocenters. The SMILES string of the molecule is Cc1ccc(Oc2ccc3c(-c4ccc([C@@H](C)O)c(-n5nc(C#N)cc5C(F)F)n4)cnn3c2)nn1. The molecule has 0 fully saturated rings. The molecule has 5 rings (SSSR count). The Labute approximate surface area is 203 Å². The fraction of sp³-hybridized carbons (Fsp3) is 0.167. The predicted octanol–water partition coefficient (Wildman–Crippen LogP) is 4.34. The van der Waals surface area contributed by atoms with Gasteiger partial charge >= 0.3 is 0 Å². The summed E-state index contributed by atoms with van der Waals surface area (Å²) in [6.45, 7) is 3.32. The van der Waals surface area contributed by atoms with Gasteiger partial charge < -0.3 is 9.84 Å². The van der Waals surface area contributed by atoms with E-state index in [2.05, 4.69) is 25.4 Å². The molecule has 0 amide bonds. The van der Waals surface area contributed by atoms with Crippen molar-refractivity contribution in [3.63, 3.8) is 0 Å². The Bertz CT molecular complexity index is 1600. The standard InChI is InChI=1S/C24H18F2N8O2/c1-13-3-8-22(31-30-13)36-16-4-7-20-18(11-28-33(20)12-16)19-6-5-17(14(2)35)24(29-19)34-21(23(25)26)9-15(10-27)32-34/h3-9,11-12,14,23,35H,1-2H3/t14-/m1/s1. The minimum absolute atomic E-state index is 0.00320. The molecule has 0 aliphatic rings. The van der Waals surface area contributed by atoms with E-state index in [0.717, 1.165) is 16.4 Å². The summed E-state index contributed by atoms with van der Waals surface area (Å²) in [5.41, 5.74) is 2.06. The number of aliphatic hydroxyl groups is 1. The van der Waals surface area contributed by atoms with Crippen LogP contribution in [0.2, 0.25) is 0 Å². The summed E-state index contributed by atoms with van der Waals surface area (Å²) in [7, 11) is 0. The molecule has 0 spiro atoms. The lowest BCUT2D eigenvalue weighted by molar-refractivity contribution is 0.142. The van der Waals surface area contributed by atoms with Gasteiger partial charge in [-0.2, -0.15) is 20.6 Å². The van der Waals surface area contributed by atoms with Crippen LogP contribution in [0.15, 0.2) is 54.9 Å². The van der Waals surface area contributed by atoms with E-state index in [1.54, 1.807) is 59.4 Å². The largest absolute Gasteiger partial charge is 0.436 e. The Morgan fingerprint density at radius 2 is 1.94 bits per heavy atom. The molecule has 36 heavy (non-hydrogen) atoms. The Morgan fingerprint density at radius 3 is 2.64 bits per heavy atom. The zero-order valence-electron chi connectivity index (χ0n) is 19.0. The molecule has 0 aliphatic carbocycles. The molecule has 0 saturated heterocycles. The van der Waals surface area contributed by atoms with Crippen molar-refractivity contribution >= 4 is 5.52 Å². The number of nitriles is 1. The van der Waals surface area contributed by atoms with Crippen molar-refractivity contribution in [2.45, 2.75) is 26.4 Å². The first-order chi connectivity index (χ1) is 17.3. The smallest absolute Gasteiger partial charge is 0.280 e. The van der Waals surface area contributed by atoms with Crippen LogP contribution in [0.5, 0.6) is 11.6 Å². The van der Waals surface area contributed by atoms with Gasteiger partial charge in [-0.15, -0.1) is 5.10 Å². The normalized spacial score (nSPS) is 12.1. The highest BCUT2D eigenvalue weighted by molar-refractivity contribution is 5.78. The number of hydrogen-bond donors (Lipinski definition) is 1. The Kier molecular flexibility index (Phi) is 5.83. The third-order valence-corrected chi connectivity index (χ3v) is 5.39. The fourth-order valence-corrected chi connectivity index (χ4v) is 3.67. The molecule has 1 atom stereocenters. The van der Waals surface area contributed by atoms with Gasteiger partial charge in [-0.3, -0.25) is 0 Å². The first-order valence-electron chi connectivity index (χ1n) is 10.8. The van der Waals surface area contributed by atoms with E-state index in [-0.39, 0.29) is 17.1 Å². The molecule has 12 heteroatoms. The maximum absolute atomic E-state index is 13.7. The lowest BCUT2D eigenvalue weighted by Crippen LogP contribution is -2.11. The van der Waals surface area contributed by atoms with Crippen LogP contribution in [0, 0.1) is 18.3 Å². The summed E-state index contributed by atoms with van der Waals surface area (Å²) in [6, 6.07) is 13.0. The van der Waals surface area contributed by atoms with E-state index in [4.69, 9.17) is 10.00 Å². The molecular formula is C24H18F2N8O2. The average Bonchev–Trinajstić information content (AvgIpc) is 3.49. The highest BCUT2D eigenvalue weighted by Crippen LogP contribution is 2.31. The molecular weight excluding hydrogens is 470 g/mol. The van der Waals surface area contributed by atoms with Gasteiger partial charge in [0.05, 0.1) is 35.4 Å². The minimum atomic E-state index is -2.90. The Morgan fingerprint density at radius 1 is 1.11 bits per heavy atom. The highest BCUT2D eigenvalue weighted by atomic mass is 19.3. The number of aromatic nitrogens is 7. The van der Waals surface area contributed by atoms with Gasteiger partial charge in [0.2, 0.25) is 5.88 Å². The molecule has 10 nitrogen and oxygen atoms in total. The monoisotopic (exact) mass is 488 g/mol. The number of halogens is 2. The average molecular weight is 488 g/mol.